The lowest BCUT2D eigenvalue weighted by Gasteiger charge is -2.29. The summed E-state index contributed by atoms with van der Waals surface area (Å²) in [6, 6.07) is 12.1. The summed E-state index contributed by atoms with van der Waals surface area (Å²) in [6.07, 6.45) is -4.57. The van der Waals surface area contributed by atoms with E-state index in [-0.39, 0.29) is 29.3 Å². The lowest BCUT2D eigenvalue weighted by molar-refractivity contribution is -0.138. The molecule has 1 fully saturated rings. The maximum Gasteiger partial charge on any atom is 0.416 e. The van der Waals surface area contributed by atoms with E-state index in [1.54, 1.807) is 41.1 Å². The van der Waals surface area contributed by atoms with E-state index >= 15 is 0 Å². The van der Waals surface area contributed by atoms with Crippen molar-refractivity contribution in [3.8, 4) is 0 Å². The number of carbonyl (C=O) groups is 2. The zero-order valence-electron chi connectivity index (χ0n) is 18.0. The minimum atomic E-state index is -4.57. The summed E-state index contributed by atoms with van der Waals surface area (Å²) in [5, 5.41) is 8.67. The topological polar surface area (TPSA) is 70.7 Å². The molecule has 6 nitrogen and oxygen atoms in total. The Hall–Kier alpha value is -3.37. The Morgan fingerprint density at radius 3 is 2.50 bits per heavy atom. The summed E-state index contributed by atoms with van der Waals surface area (Å²) < 4.78 is 46.6. The van der Waals surface area contributed by atoms with Gasteiger partial charge in [0.25, 0.3) is 11.8 Å². The molecule has 10 heteroatoms. The van der Waals surface area contributed by atoms with Crippen LogP contribution in [0.1, 0.15) is 31.8 Å². The van der Waals surface area contributed by atoms with Gasteiger partial charge in [-0.1, -0.05) is 18.2 Å². The van der Waals surface area contributed by atoms with Gasteiger partial charge in [-0.05, 0) is 41.3 Å². The van der Waals surface area contributed by atoms with Crippen molar-refractivity contribution in [1.29, 1.82) is 0 Å². The van der Waals surface area contributed by atoms with E-state index < -0.39 is 17.6 Å². The molecule has 2 heterocycles. The van der Waals surface area contributed by atoms with Crippen molar-refractivity contribution in [3.05, 3.63) is 81.5 Å². The van der Waals surface area contributed by atoms with Crippen molar-refractivity contribution >= 4 is 34.5 Å². The SMILES string of the molecule is O=C(Nc1ccccc1C(=O)NCc1ccc(N2CCOCC2)cc1C(F)(F)F)c1ccsc1. The van der Waals surface area contributed by atoms with Gasteiger partial charge in [-0.15, -0.1) is 0 Å². The van der Waals surface area contributed by atoms with Crippen LogP contribution >= 0.6 is 11.3 Å². The van der Waals surface area contributed by atoms with Gasteiger partial charge in [-0.3, -0.25) is 9.59 Å². The van der Waals surface area contributed by atoms with E-state index in [0.717, 1.165) is 6.07 Å². The van der Waals surface area contributed by atoms with Crippen LogP contribution in [0.3, 0.4) is 0 Å². The molecule has 0 spiro atoms. The maximum absolute atomic E-state index is 13.8. The van der Waals surface area contributed by atoms with Gasteiger partial charge in [0.2, 0.25) is 0 Å². The normalized spacial score (nSPS) is 14.0. The molecule has 0 radical (unpaired) electrons. The van der Waals surface area contributed by atoms with Gasteiger partial charge in [0.05, 0.1) is 35.6 Å². The smallest absolute Gasteiger partial charge is 0.378 e. The summed E-state index contributed by atoms with van der Waals surface area (Å²) in [4.78, 5) is 27.0. The van der Waals surface area contributed by atoms with Crippen molar-refractivity contribution in [1.82, 2.24) is 5.32 Å². The number of hydrogen-bond donors (Lipinski definition) is 2. The second-order valence-corrected chi connectivity index (χ2v) is 8.41. The number of thiophene rings is 1. The molecule has 0 atom stereocenters. The number of nitrogens with one attached hydrogen (secondary N) is 2. The third kappa shape index (κ3) is 5.57. The lowest BCUT2D eigenvalue weighted by atomic mass is 10.0. The van der Waals surface area contributed by atoms with E-state index in [4.69, 9.17) is 4.74 Å². The van der Waals surface area contributed by atoms with Crippen LogP contribution in [0, 0.1) is 0 Å². The Labute approximate surface area is 198 Å². The van der Waals surface area contributed by atoms with Crippen molar-refractivity contribution in [2.24, 2.45) is 0 Å². The average molecular weight is 490 g/mol. The van der Waals surface area contributed by atoms with E-state index in [1.165, 1.54) is 23.5 Å². The molecule has 3 aromatic rings. The molecular formula is C24H22F3N3O3S. The van der Waals surface area contributed by atoms with Crippen molar-refractivity contribution < 1.29 is 27.5 Å². The highest BCUT2D eigenvalue weighted by Gasteiger charge is 2.34. The summed E-state index contributed by atoms with van der Waals surface area (Å²) in [5.41, 5.74) is 0.510. The first kappa shape index (κ1) is 23.8. The molecule has 4 rings (SSSR count). The lowest BCUT2D eigenvalue weighted by Crippen LogP contribution is -2.36. The van der Waals surface area contributed by atoms with Crippen LogP contribution in [0.5, 0.6) is 0 Å². The van der Waals surface area contributed by atoms with Crippen molar-refractivity contribution in [2.75, 3.05) is 36.5 Å². The number of hydrogen-bond acceptors (Lipinski definition) is 5. The molecule has 0 aliphatic carbocycles. The standard InChI is InChI=1S/C24H22F3N3O3S/c25-24(26,27)20-13-18(30-8-10-33-11-9-30)6-5-16(20)14-28-23(32)19-3-1-2-4-21(19)29-22(31)17-7-12-34-15-17/h1-7,12-13,15H,8-11,14H2,(H,28,32)(H,29,31). The Balaban J connectivity index is 1.50. The number of amides is 2. The van der Waals surface area contributed by atoms with Crippen molar-refractivity contribution in [3.63, 3.8) is 0 Å². The summed E-state index contributed by atoms with van der Waals surface area (Å²) in [5.74, 6) is -0.967. The Morgan fingerprint density at radius 1 is 1.03 bits per heavy atom. The molecule has 2 N–H and O–H groups in total. The molecule has 0 saturated carbocycles. The third-order valence-corrected chi connectivity index (χ3v) is 6.10. The molecule has 1 aliphatic heterocycles. The average Bonchev–Trinajstić information content (AvgIpc) is 3.38. The fraction of sp³-hybridized carbons (Fsp3) is 0.250. The second kappa shape index (κ2) is 10.3. The molecule has 1 saturated heterocycles. The summed E-state index contributed by atoms with van der Waals surface area (Å²) >= 11 is 1.37. The highest BCUT2D eigenvalue weighted by atomic mass is 32.1. The monoisotopic (exact) mass is 489 g/mol. The van der Waals surface area contributed by atoms with Crippen LogP contribution in [-0.2, 0) is 17.5 Å². The molecule has 2 amide bonds. The zero-order valence-corrected chi connectivity index (χ0v) is 18.8. The van der Waals surface area contributed by atoms with Crippen LogP contribution < -0.4 is 15.5 Å². The highest BCUT2D eigenvalue weighted by Crippen LogP contribution is 2.35. The first-order chi connectivity index (χ1) is 16.3. The van der Waals surface area contributed by atoms with E-state index in [9.17, 15) is 22.8 Å². The predicted molar refractivity (Wildman–Crippen MR) is 124 cm³/mol. The molecule has 1 aliphatic rings. The molecule has 178 valence electrons. The molecule has 34 heavy (non-hydrogen) atoms. The number of morpholine rings is 1. The van der Waals surface area contributed by atoms with Crippen LogP contribution in [0.25, 0.3) is 0 Å². The van der Waals surface area contributed by atoms with Crippen LogP contribution in [0.15, 0.2) is 59.3 Å². The number of carbonyl (C=O) groups excluding carboxylic acids is 2. The summed E-state index contributed by atoms with van der Waals surface area (Å²) in [6.45, 7) is 1.63. The molecule has 1 aromatic heterocycles. The number of halogens is 3. The Bertz CT molecular complexity index is 1160. The van der Waals surface area contributed by atoms with Crippen molar-refractivity contribution in [2.45, 2.75) is 12.7 Å². The first-order valence-corrected chi connectivity index (χ1v) is 11.5. The Kier molecular flexibility index (Phi) is 7.18. The molecule has 0 bridgehead atoms. The zero-order chi connectivity index (χ0) is 24.1. The second-order valence-electron chi connectivity index (χ2n) is 7.63. The number of nitrogens with zero attached hydrogens (tertiary/aromatic N) is 1. The third-order valence-electron chi connectivity index (χ3n) is 5.42. The number of para-hydroxylation sites is 1. The van der Waals surface area contributed by atoms with Gasteiger partial charge in [0.1, 0.15) is 0 Å². The Morgan fingerprint density at radius 2 is 1.79 bits per heavy atom. The van der Waals surface area contributed by atoms with E-state index in [0.29, 0.717) is 37.6 Å². The van der Waals surface area contributed by atoms with Gasteiger partial charge in [-0.2, -0.15) is 24.5 Å². The molecule has 2 aromatic carbocycles. The van der Waals surface area contributed by atoms with Crippen LogP contribution in [0.2, 0.25) is 0 Å². The molecular weight excluding hydrogens is 467 g/mol. The summed E-state index contributed by atoms with van der Waals surface area (Å²) in [7, 11) is 0. The largest absolute Gasteiger partial charge is 0.416 e. The van der Waals surface area contributed by atoms with Gasteiger partial charge in [0, 0.05) is 30.7 Å². The van der Waals surface area contributed by atoms with Gasteiger partial charge in [-0.25, -0.2) is 0 Å². The van der Waals surface area contributed by atoms with Crippen LogP contribution in [0.4, 0.5) is 24.5 Å². The highest BCUT2D eigenvalue weighted by molar-refractivity contribution is 7.08. The van der Waals surface area contributed by atoms with Crippen LogP contribution in [-0.4, -0.2) is 38.1 Å². The number of benzene rings is 2. The minimum absolute atomic E-state index is 0.0438. The number of ether oxygens (including phenoxy) is 1. The predicted octanol–water partition coefficient (Wildman–Crippen LogP) is 4.79. The maximum atomic E-state index is 13.8. The van der Waals surface area contributed by atoms with E-state index in [1.807, 2.05) is 4.90 Å². The van der Waals surface area contributed by atoms with E-state index in [2.05, 4.69) is 10.6 Å². The minimum Gasteiger partial charge on any atom is -0.378 e. The van der Waals surface area contributed by atoms with Gasteiger partial charge in [0.15, 0.2) is 0 Å². The number of alkyl halides is 3. The first-order valence-electron chi connectivity index (χ1n) is 10.6. The molecule has 0 unspecified atom stereocenters. The quantitative estimate of drug-likeness (QED) is 0.523. The number of anilines is 2. The number of rotatable bonds is 6. The fourth-order valence-corrected chi connectivity index (χ4v) is 4.29. The van der Waals surface area contributed by atoms with Gasteiger partial charge < -0.3 is 20.3 Å². The fourth-order valence-electron chi connectivity index (χ4n) is 3.65. The van der Waals surface area contributed by atoms with Gasteiger partial charge >= 0.3 is 6.18 Å².